The van der Waals surface area contributed by atoms with Crippen molar-refractivity contribution in [3.05, 3.63) is 57.2 Å². The molecule has 1 aromatic heterocycles. The molecule has 0 saturated carbocycles. The Balaban J connectivity index is 2.15. The lowest BCUT2D eigenvalue weighted by atomic mass is 10.2. The van der Waals surface area contributed by atoms with Crippen molar-refractivity contribution in [3.8, 4) is 23.3 Å². The van der Waals surface area contributed by atoms with Gasteiger partial charge in [0.25, 0.3) is 0 Å². The summed E-state index contributed by atoms with van der Waals surface area (Å²) in [6.07, 6.45) is -3.29. The van der Waals surface area contributed by atoms with Crippen LogP contribution in [0.4, 0.5) is 19.0 Å². The lowest BCUT2D eigenvalue weighted by Gasteiger charge is -2.13. The summed E-state index contributed by atoms with van der Waals surface area (Å²) in [5.74, 6) is 0.139. The normalized spacial score (nSPS) is 11.7. The molecule has 2 aromatic carbocycles. The maximum absolute atomic E-state index is 13.0. The number of alkyl halides is 3. The topological polar surface area (TPSA) is 83.4 Å². The van der Waals surface area contributed by atoms with Gasteiger partial charge >= 0.3 is 6.18 Å². The molecule has 0 aliphatic rings. The minimum Gasteiger partial charge on any atom is -0.504 e. The molecule has 0 unspecified atom stereocenters. The average Bonchev–Trinajstić information content (AvgIpc) is 3.01. The third-order valence-corrected chi connectivity index (χ3v) is 5.03. The lowest BCUT2D eigenvalue weighted by Crippen LogP contribution is -2.07. The van der Waals surface area contributed by atoms with Crippen molar-refractivity contribution in [3.63, 3.8) is 0 Å². The second-order valence-corrected chi connectivity index (χ2v) is 7.28. The van der Waals surface area contributed by atoms with Gasteiger partial charge < -0.3 is 9.84 Å². The maximum Gasteiger partial charge on any atom is 0.416 e. The highest BCUT2D eigenvalue weighted by atomic mass is 35.5. The second-order valence-electron chi connectivity index (χ2n) is 6.02. The van der Waals surface area contributed by atoms with E-state index in [0.29, 0.717) is 17.7 Å². The molecule has 0 amide bonds. The Morgan fingerprint density at radius 3 is 2.45 bits per heavy atom. The predicted molar refractivity (Wildman–Crippen MR) is 112 cm³/mol. The SMILES string of the molecule is COc1cc(/C=N/c2c(S)c(C#N)nn2-c2c(Cl)cc(C(F)(F)F)cc2Cl)ccc1O. The van der Waals surface area contributed by atoms with Crippen LogP contribution in [0.1, 0.15) is 16.8 Å². The number of rotatable bonds is 4. The molecular formula is C19H11Cl2F3N4O2S. The number of nitrogens with zero attached hydrogens (tertiary/aromatic N) is 4. The van der Waals surface area contributed by atoms with E-state index in [4.69, 9.17) is 27.9 Å². The fourth-order valence-electron chi connectivity index (χ4n) is 2.59. The fourth-order valence-corrected chi connectivity index (χ4v) is 3.48. The molecule has 0 aliphatic heterocycles. The zero-order valence-electron chi connectivity index (χ0n) is 15.4. The Hall–Kier alpha value is -2.87. The van der Waals surface area contributed by atoms with Gasteiger partial charge in [0.15, 0.2) is 23.0 Å². The van der Waals surface area contributed by atoms with E-state index in [1.807, 2.05) is 6.07 Å². The number of methoxy groups -OCH3 is 1. The molecule has 31 heavy (non-hydrogen) atoms. The maximum atomic E-state index is 13.0. The first-order valence-electron chi connectivity index (χ1n) is 8.26. The summed E-state index contributed by atoms with van der Waals surface area (Å²) in [7, 11) is 1.38. The van der Waals surface area contributed by atoms with E-state index in [-0.39, 0.29) is 43.6 Å². The van der Waals surface area contributed by atoms with Crippen molar-refractivity contribution in [2.24, 2.45) is 4.99 Å². The van der Waals surface area contributed by atoms with Crippen LogP contribution in [0.25, 0.3) is 5.69 Å². The first kappa shape index (κ1) is 22.8. The number of phenolic OH excluding ortho intramolecular Hbond substituents is 1. The van der Waals surface area contributed by atoms with Gasteiger partial charge in [-0.3, -0.25) is 0 Å². The van der Waals surface area contributed by atoms with Crippen molar-refractivity contribution in [2.45, 2.75) is 11.1 Å². The number of halogens is 5. The number of hydrogen-bond donors (Lipinski definition) is 2. The molecule has 1 heterocycles. The second kappa shape index (κ2) is 8.70. The van der Waals surface area contributed by atoms with Gasteiger partial charge in [0.05, 0.1) is 27.6 Å². The van der Waals surface area contributed by atoms with E-state index in [1.165, 1.54) is 25.5 Å². The molecule has 6 nitrogen and oxygen atoms in total. The number of benzene rings is 2. The van der Waals surface area contributed by atoms with Crippen molar-refractivity contribution in [1.82, 2.24) is 9.78 Å². The number of phenols is 1. The molecule has 0 fully saturated rings. The molecule has 0 bridgehead atoms. The first-order valence-corrected chi connectivity index (χ1v) is 9.47. The van der Waals surface area contributed by atoms with Crippen LogP contribution in [0.3, 0.4) is 0 Å². The van der Waals surface area contributed by atoms with Crippen LogP contribution in [-0.4, -0.2) is 28.2 Å². The molecule has 0 radical (unpaired) electrons. The monoisotopic (exact) mass is 486 g/mol. The lowest BCUT2D eigenvalue weighted by molar-refractivity contribution is -0.137. The molecule has 1 N–H and O–H groups in total. The van der Waals surface area contributed by atoms with Crippen molar-refractivity contribution >= 4 is 47.9 Å². The molecule has 0 aliphatic carbocycles. The minimum atomic E-state index is -4.65. The molecule has 0 atom stereocenters. The van der Waals surface area contributed by atoms with Crippen molar-refractivity contribution < 1.29 is 23.0 Å². The quantitative estimate of drug-likeness (QED) is 0.359. The largest absolute Gasteiger partial charge is 0.504 e. The molecule has 0 saturated heterocycles. The van der Waals surface area contributed by atoms with Crippen LogP contribution >= 0.6 is 35.8 Å². The van der Waals surface area contributed by atoms with Gasteiger partial charge in [0.2, 0.25) is 0 Å². The first-order chi connectivity index (χ1) is 14.6. The van der Waals surface area contributed by atoms with Gasteiger partial charge in [-0.2, -0.15) is 23.5 Å². The highest BCUT2D eigenvalue weighted by Gasteiger charge is 2.33. The molecule has 0 spiro atoms. The third kappa shape index (κ3) is 4.58. The molecule has 12 heteroatoms. The molecule has 160 valence electrons. The van der Waals surface area contributed by atoms with Gasteiger partial charge in [0.1, 0.15) is 11.8 Å². The summed E-state index contributed by atoms with van der Waals surface area (Å²) in [5.41, 5.74) is -0.751. The standard InChI is InChI=1S/C19H11Cl2F3N4O2S/c1-30-15-4-9(2-3-14(15)29)8-26-18-17(31)13(7-25)27-28(18)16-11(20)5-10(6-12(16)21)19(22,23)24/h2-6,8,29,31H,1H3/b26-8+. The van der Waals surface area contributed by atoms with Crippen LogP contribution in [0.15, 0.2) is 40.2 Å². The zero-order valence-corrected chi connectivity index (χ0v) is 17.9. The average molecular weight is 487 g/mol. The highest BCUT2D eigenvalue weighted by molar-refractivity contribution is 7.80. The number of nitriles is 1. The number of aliphatic imine (C=N–C) groups is 1. The Labute approximate surface area is 189 Å². The summed E-state index contributed by atoms with van der Waals surface area (Å²) in [6.45, 7) is 0. The fraction of sp³-hybridized carbons (Fsp3) is 0.105. The van der Waals surface area contributed by atoms with E-state index >= 15 is 0 Å². The highest BCUT2D eigenvalue weighted by Crippen LogP contribution is 2.40. The summed E-state index contributed by atoms with van der Waals surface area (Å²) in [6, 6.07) is 7.66. The third-order valence-electron chi connectivity index (χ3n) is 4.04. The number of thiol groups is 1. The Morgan fingerprint density at radius 1 is 1.26 bits per heavy atom. The summed E-state index contributed by atoms with van der Waals surface area (Å²) in [4.78, 5) is 4.32. The van der Waals surface area contributed by atoms with Crippen molar-refractivity contribution in [1.29, 1.82) is 5.26 Å². The van der Waals surface area contributed by atoms with E-state index in [9.17, 15) is 23.5 Å². The van der Waals surface area contributed by atoms with Crippen LogP contribution in [0.5, 0.6) is 11.5 Å². The van der Waals surface area contributed by atoms with Crippen molar-refractivity contribution in [2.75, 3.05) is 7.11 Å². The smallest absolute Gasteiger partial charge is 0.416 e. The van der Waals surface area contributed by atoms with Crippen LogP contribution in [-0.2, 0) is 6.18 Å². The van der Waals surface area contributed by atoms with E-state index < -0.39 is 11.7 Å². The summed E-state index contributed by atoms with van der Waals surface area (Å²) >= 11 is 16.4. The van der Waals surface area contributed by atoms with Gasteiger partial charge in [-0.15, -0.1) is 12.6 Å². The van der Waals surface area contributed by atoms with Gasteiger partial charge in [0, 0.05) is 6.21 Å². The summed E-state index contributed by atoms with van der Waals surface area (Å²) < 4.78 is 45.2. The van der Waals surface area contributed by atoms with E-state index in [0.717, 1.165) is 4.68 Å². The number of aromatic hydroxyl groups is 1. The Kier molecular flexibility index (Phi) is 6.40. The molecule has 3 rings (SSSR count). The minimum absolute atomic E-state index is 0.00971. The Bertz CT molecular complexity index is 1210. The Morgan fingerprint density at radius 2 is 1.90 bits per heavy atom. The molecular weight excluding hydrogens is 476 g/mol. The van der Waals surface area contributed by atoms with Gasteiger partial charge in [-0.05, 0) is 35.9 Å². The summed E-state index contributed by atoms with van der Waals surface area (Å²) in [5, 5.41) is 22.3. The number of aromatic nitrogens is 2. The zero-order chi connectivity index (χ0) is 22.9. The predicted octanol–water partition coefficient (Wildman–Crippen LogP) is 5.82. The van der Waals surface area contributed by atoms with E-state index in [1.54, 1.807) is 6.07 Å². The number of hydrogen-bond acceptors (Lipinski definition) is 6. The van der Waals surface area contributed by atoms with Gasteiger partial charge in [-0.25, -0.2) is 9.67 Å². The van der Waals surface area contributed by atoms with E-state index in [2.05, 4.69) is 22.7 Å². The van der Waals surface area contributed by atoms with Crippen LogP contribution in [0.2, 0.25) is 10.0 Å². The molecule has 3 aromatic rings. The van der Waals surface area contributed by atoms with Crippen LogP contribution in [0, 0.1) is 11.3 Å². The van der Waals surface area contributed by atoms with Crippen LogP contribution < -0.4 is 4.74 Å². The van der Waals surface area contributed by atoms with Gasteiger partial charge in [-0.1, -0.05) is 23.2 Å². The number of ether oxygens (including phenoxy) is 1.